The molecule has 1 aliphatic rings. The van der Waals surface area contributed by atoms with Crippen LogP contribution < -0.4 is 5.32 Å². The standard InChI is InChI=1S/C13H15FN2O4/c14-9-4-5-12(16(19)20)10(6-9)13(18)15-11-3-1-2-8(11)7-17/h4-6,8,11,17H,1-3,7H2,(H,15,18). The number of nitrogens with zero attached hydrogens (tertiary/aromatic N) is 1. The predicted octanol–water partition coefficient (Wildman–Crippen LogP) is 1.62. The molecule has 2 N–H and O–H groups in total. The Morgan fingerprint density at radius 2 is 2.25 bits per heavy atom. The number of aliphatic hydroxyl groups excluding tert-OH is 1. The van der Waals surface area contributed by atoms with E-state index in [-0.39, 0.29) is 24.1 Å². The maximum Gasteiger partial charge on any atom is 0.282 e. The molecule has 1 aromatic carbocycles. The molecule has 1 amide bonds. The second-order valence-electron chi connectivity index (χ2n) is 4.87. The molecule has 1 aromatic rings. The molecule has 2 rings (SSSR count). The first-order chi connectivity index (χ1) is 9.52. The van der Waals surface area contributed by atoms with Crippen LogP contribution in [-0.2, 0) is 0 Å². The quantitative estimate of drug-likeness (QED) is 0.648. The van der Waals surface area contributed by atoms with E-state index in [1.165, 1.54) is 0 Å². The molecule has 0 spiro atoms. The van der Waals surface area contributed by atoms with E-state index in [1.54, 1.807) is 0 Å². The average Bonchev–Trinajstić information content (AvgIpc) is 2.85. The van der Waals surface area contributed by atoms with Gasteiger partial charge in [-0.2, -0.15) is 0 Å². The fraction of sp³-hybridized carbons (Fsp3) is 0.462. The highest BCUT2D eigenvalue weighted by Crippen LogP contribution is 2.26. The number of hydrogen-bond acceptors (Lipinski definition) is 4. The fourth-order valence-electron chi connectivity index (χ4n) is 2.54. The van der Waals surface area contributed by atoms with Crippen molar-refractivity contribution in [3.8, 4) is 0 Å². The van der Waals surface area contributed by atoms with Gasteiger partial charge in [-0.25, -0.2) is 4.39 Å². The van der Waals surface area contributed by atoms with Gasteiger partial charge in [0, 0.05) is 24.6 Å². The number of nitrogens with one attached hydrogen (secondary N) is 1. The van der Waals surface area contributed by atoms with E-state index >= 15 is 0 Å². The van der Waals surface area contributed by atoms with Gasteiger partial charge in [0.2, 0.25) is 0 Å². The summed E-state index contributed by atoms with van der Waals surface area (Å²) in [6.07, 6.45) is 2.38. The Morgan fingerprint density at radius 1 is 1.50 bits per heavy atom. The number of benzene rings is 1. The summed E-state index contributed by atoms with van der Waals surface area (Å²) >= 11 is 0. The molecule has 2 atom stereocenters. The van der Waals surface area contributed by atoms with Gasteiger partial charge in [-0.05, 0) is 25.0 Å². The highest BCUT2D eigenvalue weighted by Gasteiger charge is 2.30. The number of halogens is 1. The fourth-order valence-corrected chi connectivity index (χ4v) is 2.54. The summed E-state index contributed by atoms with van der Waals surface area (Å²) in [7, 11) is 0. The number of rotatable bonds is 4. The summed E-state index contributed by atoms with van der Waals surface area (Å²) in [5.74, 6) is -1.43. The average molecular weight is 282 g/mol. The van der Waals surface area contributed by atoms with Crippen LogP contribution in [0.15, 0.2) is 18.2 Å². The van der Waals surface area contributed by atoms with Gasteiger partial charge in [0.05, 0.1) is 4.92 Å². The van der Waals surface area contributed by atoms with E-state index in [0.717, 1.165) is 31.0 Å². The zero-order valence-electron chi connectivity index (χ0n) is 10.7. The third-order valence-corrected chi connectivity index (χ3v) is 3.61. The Kier molecular flexibility index (Phi) is 4.29. The van der Waals surface area contributed by atoms with Crippen molar-refractivity contribution in [2.75, 3.05) is 6.61 Å². The van der Waals surface area contributed by atoms with Gasteiger partial charge < -0.3 is 10.4 Å². The molecular formula is C13H15FN2O4. The van der Waals surface area contributed by atoms with Gasteiger partial charge in [-0.15, -0.1) is 0 Å². The topological polar surface area (TPSA) is 92.5 Å². The zero-order chi connectivity index (χ0) is 14.7. The van der Waals surface area contributed by atoms with Crippen molar-refractivity contribution < 1.29 is 19.2 Å². The lowest BCUT2D eigenvalue weighted by atomic mass is 10.0. The number of amides is 1. The molecule has 7 heteroatoms. The number of carbonyl (C=O) groups excluding carboxylic acids is 1. The van der Waals surface area contributed by atoms with Gasteiger partial charge in [-0.3, -0.25) is 14.9 Å². The van der Waals surface area contributed by atoms with Crippen molar-refractivity contribution in [2.45, 2.75) is 25.3 Å². The predicted molar refractivity (Wildman–Crippen MR) is 68.7 cm³/mol. The third kappa shape index (κ3) is 2.93. The van der Waals surface area contributed by atoms with Crippen molar-refractivity contribution in [1.29, 1.82) is 0 Å². The van der Waals surface area contributed by atoms with Crippen LogP contribution in [0.4, 0.5) is 10.1 Å². The third-order valence-electron chi connectivity index (χ3n) is 3.61. The zero-order valence-corrected chi connectivity index (χ0v) is 10.7. The maximum absolute atomic E-state index is 13.2. The maximum atomic E-state index is 13.2. The van der Waals surface area contributed by atoms with E-state index in [2.05, 4.69) is 5.32 Å². The van der Waals surface area contributed by atoms with Gasteiger partial charge in [0.25, 0.3) is 11.6 Å². The van der Waals surface area contributed by atoms with Crippen molar-refractivity contribution in [3.05, 3.63) is 39.7 Å². The van der Waals surface area contributed by atoms with E-state index < -0.39 is 22.3 Å². The number of aliphatic hydroxyl groups is 1. The second kappa shape index (κ2) is 5.96. The normalized spacial score (nSPS) is 21.7. The Balaban J connectivity index is 2.20. The van der Waals surface area contributed by atoms with Crippen LogP contribution in [-0.4, -0.2) is 28.6 Å². The second-order valence-corrected chi connectivity index (χ2v) is 4.87. The molecule has 0 aromatic heterocycles. The Hall–Kier alpha value is -2.02. The highest BCUT2D eigenvalue weighted by molar-refractivity contribution is 5.98. The van der Waals surface area contributed by atoms with Crippen molar-refractivity contribution in [2.24, 2.45) is 5.92 Å². The summed E-state index contributed by atoms with van der Waals surface area (Å²) in [5, 5.41) is 22.7. The largest absolute Gasteiger partial charge is 0.396 e. The molecule has 2 unspecified atom stereocenters. The van der Waals surface area contributed by atoms with Crippen molar-refractivity contribution in [1.82, 2.24) is 5.32 Å². The highest BCUT2D eigenvalue weighted by atomic mass is 19.1. The van der Waals surface area contributed by atoms with Crippen LogP contribution in [0.2, 0.25) is 0 Å². The first-order valence-corrected chi connectivity index (χ1v) is 6.38. The Bertz CT molecular complexity index is 535. The minimum absolute atomic E-state index is 0.0454. The molecular weight excluding hydrogens is 267 g/mol. The summed E-state index contributed by atoms with van der Waals surface area (Å²) < 4.78 is 13.2. The number of carbonyl (C=O) groups is 1. The molecule has 0 aliphatic heterocycles. The molecule has 1 aliphatic carbocycles. The van der Waals surface area contributed by atoms with Crippen molar-refractivity contribution in [3.63, 3.8) is 0 Å². The minimum Gasteiger partial charge on any atom is -0.396 e. The van der Waals surface area contributed by atoms with Crippen LogP contribution in [0.25, 0.3) is 0 Å². The van der Waals surface area contributed by atoms with E-state index in [0.29, 0.717) is 6.42 Å². The molecule has 20 heavy (non-hydrogen) atoms. The first kappa shape index (κ1) is 14.4. The molecule has 6 nitrogen and oxygen atoms in total. The van der Waals surface area contributed by atoms with Crippen LogP contribution in [0, 0.1) is 21.8 Å². The number of nitro groups is 1. The van der Waals surface area contributed by atoms with Crippen LogP contribution in [0.1, 0.15) is 29.6 Å². The SMILES string of the molecule is O=C(NC1CCCC1CO)c1cc(F)ccc1[N+](=O)[O-]. The van der Waals surface area contributed by atoms with Gasteiger partial charge in [0.1, 0.15) is 11.4 Å². The minimum atomic E-state index is -0.716. The molecule has 1 fully saturated rings. The van der Waals surface area contributed by atoms with E-state index in [9.17, 15) is 24.4 Å². The van der Waals surface area contributed by atoms with Crippen LogP contribution in [0.5, 0.6) is 0 Å². The molecule has 0 radical (unpaired) electrons. The smallest absolute Gasteiger partial charge is 0.282 e. The van der Waals surface area contributed by atoms with Crippen LogP contribution >= 0.6 is 0 Å². The summed E-state index contributed by atoms with van der Waals surface area (Å²) in [6, 6.07) is 2.55. The molecule has 0 bridgehead atoms. The summed E-state index contributed by atoms with van der Waals surface area (Å²) in [5.41, 5.74) is -0.721. The summed E-state index contributed by atoms with van der Waals surface area (Å²) in [6.45, 7) is -0.0454. The van der Waals surface area contributed by atoms with E-state index in [1.807, 2.05) is 0 Å². The van der Waals surface area contributed by atoms with E-state index in [4.69, 9.17) is 0 Å². The number of hydrogen-bond donors (Lipinski definition) is 2. The molecule has 0 heterocycles. The lowest BCUT2D eigenvalue weighted by molar-refractivity contribution is -0.385. The lowest BCUT2D eigenvalue weighted by Gasteiger charge is -2.18. The van der Waals surface area contributed by atoms with Gasteiger partial charge in [0.15, 0.2) is 0 Å². The van der Waals surface area contributed by atoms with Crippen molar-refractivity contribution >= 4 is 11.6 Å². The van der Waals surface area contributed by atoms with Crippen LogP contribution in [0.3, 0.4) is 0 Å². The number of nitro benzene ring substituents is 1. The van der Waals surface area contributed by atoms with Gasteiger partial charge in [-0.1, -0.05) is 6.42 Å². The monoisotopic (exact) mass is 282 g/mol. The Labute approximate surface area is 114 Å². The van der Waals surface area contributed by atoms with Gasteiger partial charge >= 0.3 is 0 Å². The summed E-state index contributed by atoms with van der Waals surface area (Å²) in [4.78, 5) is 22.2. The first-order valence-electron chi connectivity index (χ1n) is 6.38. The molecule has 108 valence electrons. The molecule has 1 saturated carbocycles. The Morgan fingerprint density at radius 3 is 2.90 bits per heavy atom. The lowest BCUT2D eigenvalue weighted by Crippen LogP contribution is -2.38. The molecule has 0 saturated heterocycles.